The van der Waals surface area contributed by atoms with Crippen molar-refractivity contribution in [2.75, 3.05) is 11.9 Å². The molecule has 0 aliphatic carbocycles. The number of aryl methyl sites for hydroxylation is 2. The number of anilines is 1. The number of benzene rings is 1. The standard InChI is InChI=1S/C19H26N6O3/c1-14(26)22-16-8-3-2-7-15(16)13-21-18(27)20-10-6-12-25-19(28)24-11-5-4-9-17(24)23-25/h2-3,7-8H,4-6,9-13H2,1H3,(H,22,26)(H2,20,21,27). The summed E-state index contributed by atoms with van der Waals surface area (Å²) in [4.78, 5) is 35.5. The number of rotatable bonds is 7. The van der Waals surface area contributed by atoms with Gasteiger partial charge in [-0.15, -0.1) is 0 Å². The molecule has 3 N–H and O–H groups in total. The van der Waals surface area contributed by atoms with Crippen LogP contribution in [0.1, 0.15) is 37.6 Å². The number of urea groups is 1. The maximum Gasteiger partial charge on any atom is 0.345 e. The van der Waals surface area contributed by atoms with Crippen LogP contribution in [0.2, 0.25) is 0 Å². The van der Waals surface area contributed by atoms with Gasteiger partial charge in [0.25, 0.3) is 0 Å². The summed E-state index contributed by atoms with van der Waals surface area (Å²) in [7, 11) is 0. The van der Waals surface area contributed by atoms with Crippen molar-refractivity contribution in [1.29, 1.82) is 0 Å². The smallest absolute Gasteiger partial charge is 0.338 e. The summed E-state index contributed by atoms with van der Waals surface area (Å²) >= 11 is 0. The van der Waals surface area contributed by atoms with Crippen LogP contribution in [-0.4, -0.2) is 32.8 Å². The summed E-state index contributed by atoms with van der Waals surface area (Å²) in [5.74, 6) is 0.702. The highest BCUT2D eigenvalue weighted by atomic mass is 16.2. The van der Waals surface area contributed by atoms with Crippen LogP contribution in [-0.2, 0) is 30.8 Å². The third-order valence-electron chi connectivity index (χ3n) is 4.63. The van der Waals surface area contributed by atoms with Crippen LogP contribution in [0.15, 0.2) is 29.1 Å². The maximum absolute atomic E-state index is 12.2. The van der Waals surface area contributed by atoms with Crippen molar-refractivity contribution < 1.29 is 9.59 Å². The Bertz CT molecular complexity index is 901. The molecule has 3 rings (SSSR count). The van der Waals surface area contributed by atoms with Gasteiger partial charge >= 0.3 is 11.7 Å². The molecule has 1 aliphatic rings. The van der Waals surface area contributed by atoms with Crippen molar-refractivity contribution in [3.8, 4) is 0 Å². The average molecular weight is 386 g/mol. The van der Waals surface area contributed by atoms with E-state index in [2.05, 4.69) is 21.0 Å². The Kier molecular flexibility index (Phi) is 6.46. The molecule has 1 aromatic carbocycles. The van der Waals surface area contributed by atoms with Gasteiger partial charge in [0.1, 0.15) is 5.82 Å². The summed E-state index contributed by atoms with van der Waals surface area (Å²) in [5, 5.41) is 12.7. The summed E-state index contributed by atoms with van der Waals surface area (Å²) in [6.45, 7) is 3.40. The van der Waals surface area contributed by atoms with E-state index in [1.165, 1.54) is 11.6 Å². The fourth-order valence-corrected chi connectivity index (χ4v) is 3.25. The summed E-state index contributed by atoms with van der Waals surface area (Å²) in [6, 6.07) is 7.01. The SMILES string of the molecule is CC(=O)Nc1ccccc1CNC(=O)NCCCn1nc2n(c1=O)CCCC2. The first kappa shape index (κ1) is 19.7. The molecule has 150 valence electrons. The second kappa shape index (κ2) is 9.20. The number of nitrogens with one attached hydrogen (secondary N) is 3. The van der Waals surface area contributed by atoms with Crippen LogP contribution >= 0.6 is 0 Å². The number of carbonyl (C=O) groups excluding carboxylic acids is 2. The largest absolute Gasteiger partial charge is 0.345 e. The first-order valence-electron chi connectivity index (χ1n) is 9.58. The van der Waals surface area contributed by atoms with Gasteiger partial charge in [-0.3, -0.25) is 9.36 Å². The van der Waals surface area contributed by atoms with Gasteiger partial charge in [0, 0.05) is 45.2 Å². The Morgan fingerprint density at radius 3 is 2.79 bits per heavy atom. The predicted octanol–water partition coefficient (Wildman–Crippen LogP) is 1.23. The minimum absolute atomic E-state index is 0.0614. The molecule has 0 radical (unpaired) electrons. The van der Waals surface area contributed by atoms with Crippen molar-refractivity contribution in [3.63, 3.8) is 0 Å². The zero-order chi connectivity index (χ0) is 19.9. The number of hydrogen-bond acceptors (Lipinski definition) is 4. The lowest BCUT2D eigenvalue weighted by Gasteiger charge is -2.11. The number of fused-ring (bicyclic) bond motifs is 1. The van der Waals surface area contributed by atoms with Crippen LogP contribution in [0.3, 0.4) is 0 Å². The molecule has 2 aromatic rings. The van der Waals surface area contributed by atoms with Gasteiger partial charge in [0.2, 0.25) is 5.91 Å². The van der Waals surface area contributed by atoms with E-state index in [9.17, 15) is 14.4 Å². The number of para-hydroxylation sites is 1. The second-order valence-corrected chi connectivity index (χ2v) is 6.83. The zero-order valence-electron chi connectivity index (χ0n) is 16.0. The molecule has 1 aliphatic heterocycles. The van der Waals surface area contributed by atoms with E-state index in [0.717, 1.165) is 37.2 Å². The third kappa shape index (κ3) is 4.99. The highest BCUT2D eigenvalue weighted by Crippen LogP contribution is 2.14. The predicted molar refractivity (Wildman–Crippen MR) is 105 cm³/mol. The lowest BCUT2D eigenvalue weighted by molar-refractivity contribution is -0.114. The molecular weight excluding hydrogens is 360 g/mol. The van der Waals surface area contributed by atoms with E-state index in [1.807, 2.05) is 18.2 Å². The van der Waals surface area contributed by atoms with Crippen LogP contribution in [0.5, 0.6) is 0 Å². The Hall–Kier alpha value is -3.10. The van der Waals surface area contributed by atoms with E-state index >= 15 is 0 Å². The van der Waals surface area contributed by atoms with E-state index in [1.54, 1.807) is 10.6 Å². The normalized spacial score (nSPS) is 12.9. The van der Waals surface area contributed by atoms with Crippen molar-refractivity contribution in [1.82, 2.24) is 25.0 Å². The Morgan fingerprint density at radius 1 is 1.18 bits per heavy atom. The fraction of sp³-hybridized carbons (Fsp3) is 0.474. The quantitative estimate of drug-likeness (QED) is 0.622. The molecule has 0 atom stereocenters. The zero-order valence-corrected chi connectivity index (χ0v) is 16.0. The first-order valence-corrected chi connectivity index (χ1v) is 9.58. The number of amides is 3. The summed E-state index contributed by atoms with van der Waals surface area (Å²) in [6.07, 6.45) is 3.56. The Balaban J connectivity index is 1.42. The van der Waals surface area contributed by atoms with Crippen molar-refractivity contribution in [3.05, 3.63) is 46.1 Å². The van der Waals surface area contributed by atoms with Gasteiger partial charge in [-0.25, -0.2) is 14.3 Å². The van der Waals surface area contributed by atoms with Gasteiger partial charge in [-0.05, 0) is 30.9 Å². The molecule has 28 heavy (non-hydrogen) atoms. The van der Waals surface area contributed by atoms with E-state index in [0.29, 0.717) is 31.7 Å². The molecule has 0 bridgehead atoms. The van der Waals surface area contributed by atoms with Gasteiger partial charge in [0.15, 0.2) is 0 Å². The fourth-order valence-electron chi connectivity index (χ4n) is 3.25. The molecule has 0 spiro atoms. The summed E-state index contributed by atoms with van der Waals surface area (Å²) < 4.78 is 3.24. The first-order chi connectivity index (χ1) is 13.5. The van der Waals surface area contributed by atoms with Crippen LogP contribution in [0.4, 0.5) is 10.5 Å². The van der Waals surface area contributed by atoms with Gasteiger partial charge in [0.05, 0.1) is 0 Å². The highest BCUT2D eigenvalue weighted by Gasteiger charge is 2.16. The maximum atomic E-state index is 12.2. The molecule has 0 unspecified atom stereocenters. The van der Waals surface area contributed by atoms with Crippen LogP contribution in [0, 0.1) is 0 Å². The van der Waals surface area contributed by atoms with Gasteiger partial charge in [-0.2, -0.15) is 5.10 Å². The average Bonchev–Trinajstić information content (AvgIpc) is 3.00. The molecule has 0 saturated heterocycles. The summed E-state index contributed by atoms with van der Waals surface area (Å²) in [5.41, 5.74) is 1.44. The number of hydrogen-bond donors (Lipinski definition) is 3. The van der Waals surface area contributed by atoms with Crippen LogP contribution in [0.25, 0.3) is 0 Å². The van der Waals surface area contributed by atoms with Gasteiger partial charge < -0.3 is 16.0 Å². The number of nitrogens with zero attached hydrogens (tertiary/aromatic N) is 3. The molecule has 0 fully saturated rings. The second-order valence-electron chi connectivity index (χ2n) is 6.83. The highest BCUT2D eigenvalue weighted by molar-refractivity contribution is 5.89. The van der Waals surface area contributed by atoms with E-state index in [4.69, 9.17) is 0 Å². The molecular formula is C19H26N6O3. The lowest BCUT2D eigenvalue weighted by Crippen LogP contribution is -2.36. The van der Waals surface area contributed by atoms with Crippen molar-refractivity contribution in [2.24, 2.45) is 0 Å². The van der Waals surface area contributed by atoms with Crippen molar-refractivity contribution >= 4 is 17.6 Å². The van der Waals surface area contributed by atoms with Crippen molar-refractivity contribution in [2.45, 2.75) is 52.2 Å². The van der Waals surface area contributed by atoms with E-state index in [-0.39, 0.29) is 17.6 Å². The monoisotopic (exact) mass is 386 g/mol. The molecule has 9 nitrogen and oxygen atoms in total. The lowest BCUT2D eigenvalue weighted by atomic mass is 10.1. The molecule has 3 amide bonds. The Labute approximate surface area is 163 Å². The van der Waals surface area contributed by atoms with E-state index < -0.39 is 0 Å². The molecule has 2 heterocycles. The Morgan fingerprint density at radius 2 is 2.00 bits per heavy atom. The van der Waals surface area contributed by atoms with Gasteiger partial charge in [-0.1, -0.05) is 18.2 Å². The third-order valence-corrected chi connectivity index (χ3v) is 4.63. The van der Waals surface area contributed by atoms with Crippen LogP contribution < -0.4 is 21.6 Å². The topological polar surface area (TPSA) is 110 Å². The molecule has 9 heteroatoms. The molecule has 1 aromatic heterocycles. The minimum Gasteiger partial charge on any atom is -0.338 e. The molecule has 0 saturated carbocycles. The number of carbonyl (C=O) groups is 2. The minimum atomic E-state index is -0.297. The number of aromatic nitrogens is 3.